The molecule has 178 valence electrons. The van der Waals surface area contributed by atoms with Crippen molar-refractivity contribution in [2.24, 2.45) is 0 Å². The van der Waals surface area contributed by atoms with E-state index in [0.717, 1.165) is 36.2 Å². The number of aromatic nitrogens is 2. The van der Waals surface area contributed by atoms with E-state index in [1.807, 2.05) is 36.7 Å². The van der Waals surface area contributed by atoms with Gasteiger partial charge in [-0.1, -0.05) is 115 Å². The number of halogens is 1. The summed E-state index contributed by atoms with van der Waals surface area (Å²) in [5.41, 5.74) is 3.28. The third-order valence-electron chi connectivity index (χ3n) is 6.31. The van der Waals surface area contributed by atoms with E-state index in [1.165, 1.54) is 76.2 Å². The predicted molar refractivity (Wildman–Crippen MR) is 136 cm³/mol. The van der Waals surface area contributed by atoms with Crippen LogP contribution in [0.15, 0.2) is 36.7 Å². The van der Waals surface area contributed by atoms with Crippen molar-refractivity contribution in [2.75, 3.05) is 0 Å². The Balaban J connectivity index is 1.68. The van der Waals surface area contributed by atoms with E-state index >= 15 is 0 Å². The molecule has 32 heavy (non-hydrogen) atoms. The summed E-state index contributed by atoms with van der Waals surface area (Å²) in [5.74, 6) is 0.754. The molecular formula is C29H45FN2. The summed E-state index contributed by atoms with van der Waals surface area (Å²) in [6.45, 7) is 4.47. The average Bonchev–Trinajstić information content (AvgIpc) is 2.81. The second-order valence-electron chi connectivity index (χ2n) is 9.34. The molecule has 2 nitrogen and oxygen atoms in total. The second kappa shape index (κ2) is 16.8. The quantitative estimate of drug-likeness (QED) is 0.216. The maximum Gasteiger partial charge on any atom is 0.159 e. The fourth-order valence-electron chi connectivity index (χ4n) is 4.21. The van der Waals surface area contributed by atoms with Crippen molar-refractivity contribution in [3.8, 4) is 11.4 Å². The molecule has 0 aliphatic heterocycles. The smallest absolute Gasteiger partial charge is 0.159 e. The van der Waals surface area contributed by atoms with E-state index in [4.69, 9.17) is 0 Å². The van der Waals surface area contributed by atoms with E-state index in [2.05, 4.69) is 23.8 Å². The first-order chi connectivity index (χ1) is 15.7. The molecule has 1 atom stereocenters. The number of aryl methyl sites for hydroxylation is 1. The Morgan fingerprint density at radius 1 is 0.656 bits per heavy atom. The zero-order valence-electron chi connectivity index (χ0n) is 20.6. The normalized spacial score (nSPS) is 12.2. The Morgan fingerprint density at radius 2 is 1.19 bits per heavy atom. The highest BCUT2D eigenvalue weighted by atomic mass is 19.1. The highest BCUT2D eigenvalue weighted by Gasteiger charge is 2.09. The van der Waals surface area contributed by atoms with Gasteiger partial charge >= 0.3 is 0 Å². The van der Waals surface area contributed by atoms with Crippen LogP contribution in [0.2, 0.25) is 0 Å². The van der Waals surface area contributed by atoms with E-state index < -0.39 is 6.17 Å². The van der Waals surface area contributed by atoms with Crippen LogP contribution in [0, 0.1) is 0 Å². The highest BCUT2D eigenvalue weighted by molar-refractivity contribution is 5.55. The third-order valence-corrected chi connectivity index (χ3v) is 6.31. The molecule has 0 saturated carbocycles. The van der Waals surface area contributed by atoms with Crippen LogP contribution in [0.1, 0.15) is 115 Å². The van der Waals surface area contributed by atoms with Gasteiger partial charge in [0.15, 0.2) is 5.82 Å². The van der Waals surface area contributed by atoms with Crippen LogP contribution in [0.4, 0.5) is 4.39 Å². The van der Waals surface area contributed by atoms with Gasteiger partial charge in [-0.3, -0.25) is 0 Å². The highest BCUT2D eigenvalue weighted by Crippen LogP contribution is 2.19. The minimum absolute atomic E-state index is 0.506. The fraction of sp³-hybridized carbons (Fsp3) is 0.655. The second-order valence-corrected chi connectivity index (χ2v) is 9.34. The van der Waals surface area contributed by atoms with Crippen molar-refractivity contribution < 1.29 is 4.39 Å². The summed E-state index contributed by atoms with van der Waals surface area (Å²) >= 11 is 0. The molecule has 0 N–H and O–H groups in total. The molecule has 2 aromatic rings. The van der Waals surface area contributed by atoms with Gasteiger partial charge in [-0.05, 0) is 30.4 Å². The van der Waals surface area contributed by atoms with Crippen LogP contribution in [0.5, 0.6) is 0 Å². The van der Waals surface area contributed by atoms with Crippen molar-refractivity contribution in [1.29, 1.82) is 0 Å². The lowest BCUT2D eigenvalue weighted by molar-refractivity contribution is 0.303. The lowest BCUT2D eigenvalue weighted by Gasteiger charge is -2.09. The molecule has 0 radical (unpaired) electrons. The van der Waals surface area contributed by atoms with Crippen LogP contribution in [-0.2, 0) is 12.8 Å². The van der Waals surface area contributed by atoms with Gasteiger partial charge in [-0.15, -0.1) is 0 Å². The Labute approximate surface area is 196 Å². The predicted octanol–water partition coefficient (Wildman–Crippen LogP) is 9.07. The van der Waals surface area contributed by atoms with Crippen molar-refractivity contribution in [3.05, 3.63) is 47.8 Å². The largest absolute Gasteiger partial charge is 0.247 e. The first kappa shape index (κ1) is 26.5. The monoisotopic (exact) mass is 440 g/mol. The molecule has 0 bridgehead atoms. The van der Waals surface area contributed by atoms with Gasteiger partial charge in [-0.2, -0.15) is 0 Å². The Kier molecular flexibility index (Phi) is 13.9. The molecule has 0 amide bonds. The summed E-state index contributed by atoms with van der Waals surface area (Å²) < 4.78 is 14.3. The molecule has 1 heterocycles. The molecule has 3 heteroatoms. The van der Waals surface area contributed by atoms with Crippen molar-refractivity contribution in [1.82, 2.24) is 9.97 Å². The summed E-state index contributed by atoms with van der Waals surface area (Å²) in [4.78, 5) is 9.14. The molecule has 1 unspecified atom stereocenters. The van der Waals surface area contributed by atoms with Crippen LogP contribution in [-0.4, -0.2) is 16.1 Å². The topological polar surface area (TPSA) is 25.8 Å². The molecule has 0 spiro atoms. The van der Waals surface area contributed by atoms with Gasteiger partial charge in [0.2, 0.25) is 0 Å². The Hall–Kier alpha value is -1.77. The fourth-order valence-corrected chi connectivity index (χ4v) is 4.21. The van der Waals surface area contributed by atoms with Gasteiger partial charge in [0.1, 0.15) is 6.17 Å². The van der Waals surface area contributed by atoms with E-state index in [0.29, 0.717) is 12.8 Å². The van der Waals surface area contributed by atoms with Crippen molar-refractivity contribution in [2.45, 2.75) is 123 Å². The molecule has 0 aliphatic rings. The number of rotatable bonds is 18. The van der Waals surface area contributed by atoms with Gasteiger partial charge in [0.05, 0.1) is 0 Å². The molecule has 0 saturated heterocycles. The average molecular weight is 441 g/mol. The van der Waals surface area contributed by atoms with E-state index in [-0.39, 0.29) is 0 Å². The molecular weight excluding hydrogens is 395 g/mol. The zero-order valence-corrected chi connectivity index (χ0v) is 20.6. The number of hydrogen-bond donors (Lipinski definition) is 0. The minimum atomic E-state index is -0.741. The maximum atomic E-state index is 14.3. The molecule has 2 rings (SSSR count). The summed E-state index contributed by atoms with van der Waals surface area (Å²) in [5, 5.41) is 0. The number of alkyl halides is 1. The Bertz CT molecular complexity index is 696. The number of nitrogens with zero attached hydrogens (tertiary/aromatic N) is 2. The van der Waals surface area contributed by atoms with Crippen LogP contribution >= 0.6 is 0 Å². The van der Waals surface area contributed by atoms with Crippen LogP contribution in [0.3, 0.4) is 0 Å². The maximum absolute atomic E-state index is 14.3. The van der Waals surface area contributed by atoms with Gasteiger partial charge < -0.3 is 0 Å². The molecule has 0 fully saturated rings. The van der Waals surface area contributed by atoms with Gasteiger partial charge in [0.25, 0.3) is 0 Å². The SMILES string of the molecule is CCCCCCCCCCc1cnc(-c2ccc(CC(F)CCCCCCC)cc2)nc1. The first-order valence-corrected chi connectivity index (χ1v) is 13.3. The lowest BCUT2D eigenvalue weighted by Crippen LogP contribution is -2.04. The standard InChI is InChI=1S/C29H45FN2/c1-3-5-7-9-10-11-13-14-16-26-23-31-29(32-24-26)27-20-18-25(19-21-27)22-28(30)17-15-12-8-6-4-2/h18-21,23-24,28H,3-17,22H2,1-2H3. The van der Waals surface area contributed by atoms with Gasteiger partial charge in [-0.25, -0.2) is 14.4 Å². The lowest BCUT2D eigenvalue weighted by atomic mass is 10.0. The Morgan fingerprint density at radius 3 is 1.78 bits per heavy atom. The van der Waals surface area contributed by atoms with E-state index in [1.54, 1.807) is 0 Å². The summed E-state index contributed by atoms with van der Waals surface area (Å²) in [7, 11) is 0. The van der Waals surface area contributed by atoms with Crippen LogP contribution < -0.4 is 0 Å². The van der Waals surface area contributed by atoms with Crippen LogP contribution in [0.25, 0.3) is 11.4 Å². The number of unbranched alkanes of at least 4 members (excludes halogenated alkanes) is 11. The molecule has 0 aliphatic carbocycles. The number of benzene rings is 1. The number of hydrogen-bond acceptors (Lipinski definition) is 2. The summed E-state index contributed by atoms with van der Waals surface area (Å²) in [6, 6.07) is 8.10. The van der Waals surface area contributed by atoms with Crippen molar-refractivity contribution in [3.63, 3.8) is 0 Å². The molecule has 1 aromatic carbocycles. The minimum Gasteiger partial charge on any atom is -0.247 e. The molecule has 1 aromatic heterocycles. The third kappa shape index (κ3) is 11.2. The van der Waals surface area contributed by atoms with Crippen molar-refractivity contribution >= 4 is 0 Å². The van der Waals surface area contributed by atoms with Gasteiger partial charge in [0, 0.05) is 24.4 Å². The summed E-state index contributed by atoms with van der Waals surface area (Å²) in [6.07, 6.45) is 22.0. The van der Waals surface area contributed by atoms with E-state index in [9.17, 15) is 4.39 Å². The zero-order chi connectivity index (χ0) is 22.9. The first-order valence-electron chi connectivity index (χ1n) is 13.3.